The first-order valence-electron chi connectivity index (χ1n) is 8.86. The molecule has 1 atom stereocenters. The van der Waals surface area contributed by atoms with Gasteiger partial charge in [-0.15, -0.1) is 0 Å². The lowest BCUT2D eigenvalue weighted by atomic mass is 9.81. The summed E-state index contributed by atoms with van der Waals surface area (Å²) in [6.07, 6.45) is 13.0. The molecule has 1 N–H and O–H groups in total. The number of hydrogen-bond acceptors (Lipinski definition) is 2. The number of hydrogen-bond donors (Lipinski definition) is 1. The van der Waals surface area contributed by atoms with E-state index in [0.29, 0.717) is 12.0 Å². The van der Waals surface area contributed by atoms with Crippen LogP contribution in [0.25, 0.3) is 0 Å². The zero-order valence-corrected chi connectivity index (χ0v) is 13.0. The van der Waals surface area contributed by atoms with Crippen molar-refractivity contribution in [3.8, 4) is 0 Å². The number of carbonyl (C=O) groups excluding carboxylic acids is 2. The molecule has 0 aromatic rings. The highest BCUT2D eigenvalue weighted by molar-refractivity contribution is 5.95. The molecule has 1 aliphatic heterocycles. The maximum atomic E-state index is 12.5. The van der Waals surface area contributed by atoms with Crippen molar-refractivity contribution in [3.63, 3.8) is 0 Å². The van der Waals surface area contributed by atoms with Crippen LogP contribution < -0.4 is 5.32 Å². The molecule has 1 saturated heterocycles. The molecule has 21 heavy (non-hydrogen) atoms. The van der Waals surface area contributed by atoms with Crippen LogP contribution in [0, 0.1) is 5.92 Å². The minimum absolute atomic E-state index is 0.103. The van der Waals surface area contributed by atoms with Crippen LogP contribution in [0.3, 0.4) is 0 Å². The predicted molar refractivity (Wildman–Crippen MR) is 81.7 cm³/mol. The van der Waals surface area contributed by atoms with Crippen LogP contribution in [-0.2, 0) is 9.59 Å². The van der Waals surface area contributed by atoms with Gasteiger partial charge in [-0.2, -0.15) is 0 Å². The number of amides is 2. The second-order valence-corrected chi connectivity index (χ2v) is 7.01. The Morgan fingerprint density at radius 3 is 2.05 bits per heavy atom. The third-order valence-electron chi connectivity index (χ3n) is 5.58. The molecular formula is C17H28N2O2. The van der Waals surface area contributed by atoms with E-state index in [2.05, 4.69) is 5.32 Å². The van der Waals surface area contributed by atoms with Crippen LogP contribution in [0.5, 0.6) is 0 Å². The Morgan fingerprint density at radius 1 is 0.810 bits per heavy atom. The summed E-state index contributed by atoms with van der Waals surface area (Å²) in [5.41, 5.74) is 0. The van der Waals surface area contributed by atoms with Crippen LogP contribution in [0.1, 0.15) is 70.6 Å². The Bertz CT molecular complexity index is 382. The van der Waals surface area contributed by atoms with E-state index in [0.717, 1.165) is 25.7 Å². The van der Waals surface area contributed by atoms with Crippen molar-refractivity contribution in [2.24, 2.45) is 5.92 Å². The number of nitrogens with one attached hydrogen (secondary N) is 1. The lowest BCUT2D eigenvalue weighted by Crippen LogP contribution is -2.63. The summed E-state index contributed by atoms with van der Waals surface area (Å²) in [6.45, 7) is 0.207. The average molecular weight is 292 g/mol. The van der Waals surface area contributed by atoms with E-state index in [-0.39, 0.29) is 24.4 Å². The number of piperazine rings is 1. The van der Waals surface area contributed by atoms with Gasteiger partial charge in [0.25, 0.3) is 0 Å². The van der Waals surface area contributed by atoms with Crippen LogP contribution in [-0.4, -0.2) is 35.3 Å². The van der Waals surface area contributed by atoms with Crippen LogP contribution >= 0.6 is 0 Å². The minimum atomic E-state index is -0.186. The van der Waals surface area contributed by atoms with Crippen molar-refractivity contribution < 1.29 is 9.59 Å². The zero-order valence-electron chi connectivity index (χ0n) is 13.0. The Balaban J connectivity index is 1.80. The third kappa shape index (κ3) is 3.24. The lowest BCUT2D eigenvalue weighted by Gasteiger charge is -2.44. The second-order valence-electron chi connectivity index (χ2n) is 7.01. The molecule has 2 aliphatic carbocycles. The molecule has 4 nitrogen and oxygen atoms in total. The van der Waals surface area contributed by atoms with Crippen LogP contribution in [0.4, 0.5) is 0 Å². The molecule has 0 bridgehead atoms. The van der Waals surface area contributed by atoms with Gasteiger partial charge in [0.05, 0.1) is 6.54 Å². The van der Waals surface area contributed by atoms with Crippen molar-refractivity contribution >= 4 is 11.8 Å². The van der Waals surface area contributed by atoms with E-state index in [1.165, 1.54) is 44.9 Å². The molecule has 4 heteroatoms. The van der Waals surface area contributed by atoms with Gasteiger partial charge >= 0.3 is 0 Å². The van der Waals surface area contributed by atoms with Gasteiger partial charge in [0.2, 0.25) is 11.8 Å². The molecule has 3 rings (SSSR count). The Labute approximate surface area is 127 Å². The molecule has 0 aromatic heterocycles. The summed E-state index contributed by atoms with van der Waals surface area (Å²) in [5, 5.41) is 2.83. The van der Waals surface area contributed by atoms with Crippen LogP contribution in [0.15, 0.2) is 0 Å². The SMILES string of the molecule is O=C1NCC(=O)N(C2CCCCCC2)C1C1CCCCC1. The summed E-state index contributed by atoms with van der Waals surface area (Å²) < 4.78 is 0. The summed E-state index contributed by atoms with van der Waals surface area (Å²) in [4.78, 5) is 27.0. The molecule has 0 radical (unpaired) electrons. The summed E-state index contributed by atoms with van der Waals surface area (Å²) in [5.74, 6) is 0.633. The molecule has 0 spiro atoms. The van der Waals surface area contributed by atoms with E-state index >= 15 is 0 Å². The van der Waals surface area contributed by atoms with Crippen molar-refractivity contribution in [2.45, 2.75) is 82.7 Å². The summed E-state index contributed by atoms with van der Waals surface area (Å²) in [7, 11) is 0. The molecule has 2 saturated carbocycles. The largest absolute Gasteiger partial charge is 0.345 e. The molecule has 0 aromatic carbocycles. The van der Waals surface area contributed by atoms with Gasteiger partial charge in [-0.05, 0) is 31.6 Å². The van der Waals surface area contributed by atoms with Crippen LogP contribution in [0.2, 0.25) is 0 Å². The number of rotatable bonds is 2. The van der Waals surface area contributed by atoms with E-state index in [1.54, 1.807) is 0 Å². The fourth-order valence-electron chi connectivity index (χ4n) is 4.50. The highest BCUT2D eigenvalue weighted by atomic mass is 16.2. The van der Waals surface area contributed by atoms with Gasteiger partial charge in [-0.1, -0.05) is 44.9 Å². The van der Waals surface area contributed by atoms with E-state index in [4.69, 9.17) is 0 Å². The van der Waals surface area contributed by atoms with Gasteiger partial charge in [0.15, 0.2) is 0 Å². The molecule has 1 unspecified atom stereocenters. The second kappa shape index (κ2) is 6.80. The average Bonchev–Trinajstić information content (AvgIpc) is 2.79. The number of nitrogens with zero attached hydrogens (tertiary/aromatic N) is 1. The predicted octanol–water partition coefficient (Wildman–Crippen LogP) is 2.62. The first-order chi connectivity index (χ1) is 10.3. The maximum absolute atomic E-state index is 12.5. The lowest BCUT2D eigenvalue weighted by molar-refractivity contribution is -0.151. The third-order valence-corrected chi connectivity index (χ3v) is 5.58. The molecular weight excluding hydrogens is 264 g/mol. The quantitative estimate of drug-likeness (QED) is 0.795. The van der Waals surface area contributed by atoms with Crippen molar-refractivity contribution in [2.75, 3.05) is 6.54 Å². The zero-order chi connectivity index (χ0) is 14.7. The maximum Gasteiger partial charge on any atom is 0.243 e. The van der Waals surface area contributed by atoms with Gasteiger partial charge in [0.1, 0.15) is 6.04 Å². The summed E-state index contributed by atoms with van der Waals surface area (Å²) >= 11 is 0. The first-order valence-corrected chi connectivity index (χ1v) is 8.86. The molecule has 3 aliphatic rings. The molecule has 118 valence electrons. The van der Waals surface area contributed by atoms with Crippen molar-refractivity contribution in [1.29, 1.82) is 0 Å². The number of carbonyl (C=O) groups is 2. The van der Waals surface area contributed by atoms with Gasteiger partial charge in [0, 0.05) is 6.04 Å². The standard InChI is InChI=1S/C17H28N2O2/c20-15-12-18-17(21)16(13-8-4-3-5-9-13)19(15)14-10-6-1-2-7-11-14/h13-14,16H,1-12H2,(H,18,21). The monoisotopic (exact) mass is 292 g/mol. The molecule has 3 fully saturated rings. The van der Waals surface area contributed by atoms with E-state index in [9.17, 15) is 9.59 Å². The topological polar surface area (TPSA) is 49.4 Å². The smallest absolute Gasteiger partial charge is 0.243 e. The Kier molecular flexibility index (Phi) is 4.81. The fourth-order valence-corrected chi connectivity index (χ4v) is 4.50. The van der Waals surface area contributed by atoms with Crippen molar-refractivity contribution in [1.82, 2.24) is 10.2 Å². The highest BCUT2D eigenvalue weighted by Crippen LogP contribution is 2.33. The van der Waals surface area contributed by atoms with E-state index < -0.39 is 0 Å². The summed E-state index contributed by atoms with van der Waals surface area (Å²) in [6, 6.07) is 0.118. The normalized spacial score (nSPS) is 30.1. The van der Waals surface area contributed by atoms with Gasteiger partial charge in [-0.25, -0.2) is 0 Å². The Morgan fingerprint density at radius 2 is 1.38 bits per heavy atom. The van der Waals surface area contributed by atoms with Crippen molar-refractivity contribution in [3.05, 3.63) is 0 Å². The Hall–Kier alpha value is -1.06. The van der Waals surface area contributed by atoms with Gasteiger partial charge in [-0.3, -0.25) is 9.59 Å². The molecule has 1 heterocycles. The minimum Gasteiger partial charge on any atom is -0.345 e. The van der Waals surface area contributed by atoms with Gasteiger partial charge < -0.3 is 10.2 Å². The molecule has 2 amide bonds. The first kappa shape index (κ1) is 14.9. The highest BCUT2D eigenvalue weighted by Gasteiger charge is 2.43. The fraction of sp³-hybridized carbons (Fsp3) is 0.882. The van der Waals surface area contributed by atoms with E-state index in [1.807, 2.05) is 4.90 Å².